The zero-order chi connectivity index (χ0) is 46.3. The van der Waals surface area contributed by atoms with Crippen LogP contribution in [-0.4, -0.2) is 122 Å². The Hall–Kier alpha value is -5.22. The Kier molecular flexibility index (Phi) is 13.3. The standard InChI is InChI=1S/C48H56BrF2N10O4P/c1-5-30-20-39(55-48-53-24-35(49)46(57-48)54-40-25-52-38-9-7-6-8-33(38)45(40)66(3,4)64)42(65-2)23-41(30)60-14-12-31(13-15-60)59-18-16-58(17-19-59)26-29-27-61(28-29)32-21-36(50)44(37(51)22-32)34-10-11-43(62)56-47(34)63/h6-9,20-25,29,31,34H,5,10-19,26-28H2,1-4H3,(H,56,62,63)(H2,53,54,55,57). The highest BCUT2D eigenvalue weighted by molar-refractivity contribution is 9.10. The van der Waals surface area contributed by atoms with Crippen molar-refractivity contribution in [2.24, 2.45) is 5.92 Å². The molecule has 0 saturated carbocycles. The minimum atomic E-state index is -2.72. The predicted molar refractivity (Wildman–Crippen MR) is 260 cm³/mol. The van der Waals surface area contributed by atoms with Crippen LogP contribution in [-0.2, 0) is 20.6 Å². The number of piperidine rings is 2. The molecule has 2 aromatic heterocycles. The number of piperazine rings is 1. The fraction of sp³-hybridized carbons (Fsp3) is 0.438. The molecule has 18 heteroatoms. The van der Waals surface area contributed by atoms with Crippen molar-refractivity contribution in [2.75, 3.05) is 99.8 Å². The molecule has 3 N–H and O–H groups in total. The summed E-state index contributed by atoms with van der Waals surface area (Å²) in [6.07, 6.45) is 6.53. The molecule has 5 aromatic rings. The molecule has 4 aliphatic rings. The molecule has 4 aliphatic heterocycles. The van der Waals surface area contributed by atoms with E-state index in [2.05, 4.69) is 75.6 Å². The molecular formula is C48H56BrF2N10O4P. The van der Waals surface area contributed by atoms with Gasteiger partial charge in [0.1, 0.15) is 30.3 Å². The van der Waals surface area contributed by atoms with Gasteiger partial charge in [-0.1, -0.05) is 25.1 Å². The third-order valence-electron chi connectivity index (χ3n) is 13.5. The Balaban J connectivity index is 0.775. The fourth-order valence-corrected chi connectivity index (χ4v) is 11.9. The molecule has 0 bridgehead atoms. The van der Waals surface area contributed by atoms with Crippen LogP contribution in [0.5, 0.6) is 5.75 Å². The quantitative estimate of drug-likeness (QED) is 0.0786. The van der Waals surface area contributed by atoms with E-state index in [4.69, 9.17) is 9.72 Å². The number of nitrogens with one attached hydrogen (secondary N) is 3. The zero-order valence-electron chi connectivity index (χ0n) is 37.7. The summed E-state index contributed by atoms with van der Waals surface area (Å²) >= 11 is 3.60. The molecule has 4 saturated heterocycles. The van der Waals surface area contributed by atoms with Gasteiger partial charge in [-0.25, -0.2) is 13.8 Å². The monoisotopic (exact) mass is 984 g/mol. The van der Waals surface area contributed by atoms with Crippen molar-refractivity contribution < 1.29 is 27.7 Å². The van der Waals surface area contributed by atoms with E-state index in [0.717, 1.165) is 100 Å². The number of carbonyl (C=O) groups is 2. The molecule has 2 amide bonds. The van der Waals surface area contributed by atoms with E-state index >= 15 is 8.78 Å². The normalized spacial score (nSPS) is 19.2. The first kappa shape index (κ1) is 45.9. The number of anilines is 6. The van der Waals surface area contributed by atoms with E-state index in [0.29, 0.717) is 45.3 Å². The second kappa shape index (κ2) is 19.2. The number of amides is 2. The number of methoxy groups -OCH3 is 1. The summed E-state index contributed by atoms with van der Waals surface area (Å²) in [5, 5.41) is 10.5. The molecule has 0 aliphatic carbocycles. The molecule has 0 spiro atoms. The van der Waals surface area contributed by atoms with Gasteiger partial charge in [-0.3, -0.25) is 24.8 Å². The molecule has 14 nitrogen and oxygen atoms in total. The van der Waals surface area contributed by atoms with Crippen molar-refractivity contribution >= 4 is 85.6 Å². The van der Waals surface area contributed by atoms with Gasteiger partial charge in [-0.15, -0.1) is 0 Å². The number of benzene rings is 3. The van der Waals surface area contributed by atoms with E-state index in [1.165, 1.54) is 23.4 Å². The number of fused-ring (bicyclic) bond motifs is 1. The number of rotatable bonds is 13. The molecule has 348 valence electrons. The van der Waals surface area contributed by atoms with Crippen molar-refractivity contribution in [1.29, 1.82) is 0 Å². The maximum Gasteiger partial charge on any atom is 0.234 e. The largest absolute Gasteiger partial charge is 0.494 e. The number of para-hydroxylation sites is 1. The van der Waals surface area contributed by atoms with Crippen molar-refractivity contribution in [3.8, 4) is 5.75 Å². The average molecular weight is 986 g/mol. The van der Waals surface area contributed by atoms with Gasteiger partial charge in [0.2, 0.25) is 17.8 Å². The smallest absolute Gasteiger partial charge is 0.234 e. The molecule has 9 rings (SSSR count). The summed E-state index contributed by atoms with van der Waals surface area (Å²) in [4.78, 5) is 47.4. The fourth-order valence-electron chi connectivity index (χ4n) is 10.1. The minimum absolute atomic E-state index is 0.0658. The summed E-state index contributed by atoms with van der Waals surface area (Å²) in [6, 6.07) is 15.1. The second-order valence-electron chi connectivity index (χ2n) is 18.2. The number of aromatic nitrogens is 3. The van der Waals surface area contributed by atoms with E-state index in [-0.39, 0.29) is 18.4 Å². The van der Waals surface area contributed by atoms with Gasteiger partial charge in [0, 0.05) is 117 Å². The lowest BCUT2D eigenvalue weighted by Crippen LogP contribution is -2.57. The highest BCUT2D eigenvalue weighted by Crippen LogP contribution is 2.42. The van der Waals surface area contributed by atoms with Crippen LogP contribution >= 0.6 is 23.1 Å². The van der Waals surface area contributed by atoms with Crippen molar-refractivity contribution in [3.05, 3.63) is 88.2 Å². The van der Waals surface area contributed by atoms with Gasteiger partial charge in [0.05, 0.1) is 40.6 Å². The molecule has 3 aromatic carbocycles. The first-order valence-electron chi connectivity index (χ1n) is 22.8. The van der Waals surface area contributed by atoms with Crippen LogP contribution in [0.4, 0.5) is 43.3 Å². The average Bonchev–Trinajstić information content (AvgIpc) is 3.28. The van der Waals surface area contributed by atoms with Crippen molar-refractivity contribution in [1.82, 2.24) is 30.1 Å². The van der Waals surface area contributed by atoms with Crippen LogP contribution in [0, 0.1) is 17.6 Å². The van der Waals surface area contributed by atoms with E-state index < -0.39 is 36.5 Å². The van der Waals surface area contributed by atoms with Gasteiger partial charge >= 0.3 is 0 Å². The van der Waals surface area contributed by atoms with Gasteiger partial charge in [-0.2, -0.15) is 4.98 Å². The van der Waals surface area contributed by atoms with Crippen LogP contribution in [0.25, 0.3) is 10.9 Å². The van der Waals surface area contributed by atoms with Crippen LogP contribution in [0.1, 0.15) is 49.7 Å². The van der Waals surface area contributed by atoms with E-state index in [1.54, 1.807) is 32.8 Å². The van der Waals surface area contributed by atoms with Crippen molar-refractivity contribution in [3.63, 3.8) is 0 Å². The summed E-state index contributed by atoms with van der Waals surface area (Å²) in [7, 11) is -1.05. The minimum Gasteiger partial charge on any atom is -0.494 e. The van der Waals surface area contributed by atoms with Crippen molar-refractivity contribution in [2.45, 2.75) is 51.0 Å². The number of pyridine rings is 1. The number of ether oxygens (including phenoxy) is 1. The van der Waals surface area contributed by atoms with E-state index in [9.17, 15) is 14.2 Å². The predicted octanol–water partition coefficient (Wildman–Crippen LogP) is 7.61. The molecule has 66 heavy (non-hydrogen) atoms. The SMILES string of the molecule is CCc1cc(Nc2ncc(Br)c(Nc3cnc4ccccc4c3P(C)(C)=O)n2)c(OC)cc1N1CCC(N2CCN(CC3CN(c4cc(F)c(C5CCC(=O)NC5=O)c(F)c4)C3)CC2)CC1. The molecule has 4 fully saturated rings. The number of hydrogen-bond donors (Lipinski definition) is 3. The van der Waals surface area contributed by atoms with E-state index in [1.807, 2.05) is 29.2 Å². The number of hydrogen-bond acceptors (Lipinski definition) is 13. The maximum absolute atomic E-state index is 15.2. The Morgan fingerprint density at radius 2 is 1.62 bits per heavy atom. The van der Waals surface area contributed by atoms with Crippen LogP contribution < -0.4 is 35.8 Å². The van der Waals surface area contributed by atoms with Crippen LogP contribution in [0.2, 0.25) is 0 Å². The number of aryl methyl sites for hydroxylation is 1. The zero-order valence-corrected chi connectivity index (χ0v) is 40.2. The maximum atomic E-state index is 15.2. The van der Waals surface area contributed by atoms with Gasteiger partial charge < -0.3 is 34.6 Å². The molecule has 6 heterocycles. The number of imide groups is 1. The van der Waals surface area contributed by atoms with Gasteiger partial charge in [0.25, 0.3) is 0 Å². The van der Waals surface area contributed by atoms with Crippen LogP contribution in [0.15, 0.2) is 65.4 Å². The highest BCUT2D eigenvalue weighted by Gasteiger charge is 2.36. The number of nitrogens with zero attached hydrogens (tertiary/aromatic N) is 7. The molecule has 0 radical (unpaired) electrons. The number of halogens is 3. The molecule has 1 unspecified atom stereocenters. The lowest BCUT2D eigenvalue weighted by atomic mass is 9.89. The summed E-state index contributed by atoms with van der Waals surface area (Å²) in [5.41, 5.74) is 4.77. The summed E-state index contributed by atoms with van der Waals surface area (Å²) in [6.45, 7) is 14.0. The molecule has 1 atom stereocenters. The summed E-state index contributed by atoms with van der Waals surface area (Å²) < 4.78 is 50.5. The summed E-state index contributed by atoms with van der Waals surface area (Å²) in [5.74, 6) is -1.55. The Morgan fingerprint density at radius 3 is 2.30 bits per heavy atom. The third-order valence-corrected chi connectivity index (χ3v) is 15.7. The Morgan fingerprint density at radius 1 is 0.894 bits per heavy atom. The van der Waals surface area contributed by atoms with Gasteiger partial charge in [-0.05, 0) is 84.8 Å². The van der Waals surface area contributed by atoms with Crippen LogP contribution in [0.3, 0.4) is 0 Å². The molecular weight excluding hydrogens is 929 g/mol. The second-order valence-corrected chi connectivity index (χ2v) is 22.2. The highest BCUT2D eigenvalue weighted by atomic mass is 79.9. The topological polar surface area (TPSA) is 148 Å². The Bertz CT molecular complexity index is 2680. The first-order valence-corrected chi connectivity index (χ1v) is 26.1. The lowest BCUT2D eigenvalue weighted by molar-refractivity contribution is -0.134. The first-order chi connectivity index (χ1) is 31.8. The van der Waals surface area contributed by atoms with Gasteiger partial charge in [0.15, 0.2) is 0 Å². The lowest BCUT2D eigenvalue weighted by Gasteiger charge is -2.46. The Labute approximate surface area is 392 Å². The third kappa shape index (κ3) is 9.63. The number of carbonyl (C=O) groups excluding carboxylic acids is 2.